The summed E-state index contributed by atoms with van der Waals surface area (Å²) in [5.74, 6) is -0.365. The molecule has 0 bridgehead atoms. The Balaban J connectivity index is 1.89. The lowest BCUT2D eigenvalue weighted by molar-refractivity contribution is 0.593. The van der Waals surface area contributed by atoms with Crippen LogP contribution in [0, 0.1) is 0 Å². The molecule has 0 aliphatic rings. The van der Waals surface area contributed by atoms with Crippen molar-refractivity contribution in [3.05, 3.63) is 76.4 Å². The number of aromatic nitrogens is 1. The van der Waals surface area contributed by atoms with E-state index in [1.54, 1.807) is 18.2 Å². The monoisotopic (exact) mass is 456 g/mol. The van der Waals surface area contributed by atoms with Crippen LogP contribution in [0.15, 0.2) is 70.6 Å². The van der Waals surface area contributed by atoms with Gasteiger partial charge in [-0.2, -0.15) is 0 Å². The van der Waals surface area contributed by atoms with Crippen LogP contribution < -0.4 is 5.14 Å². The highest BCUT2D eigenvalue weighted by Crippen LogP contribution is 2.29. The number of hydrogen-bond donors (Lipinski definition) is 1. The Morgan fingerprint density at radius 1 is 0.893 bits per heavy atom. The fourth-order valence-electron chi connectivity index (χ4n) is 2.56. The lowest BCUT2D eigenvalue weighted by Crippen LogP contribution is -2.13. The van der Waals surface area contributed by atoms with Gasteiger partial charge in [-0.15, -0.1) is 0 Å². The second kappa shape index (κ2) is 7.81. The standard InChI is InChI=1S/C18H14Cl2N2O4S2/c19-14-9-17(20)18(22-10-14)13-4-6-15(7-5-13)27(23,24)11-12-2-1-3-16(8-12)28(21,25)26/h1-10H,11H2,(H2,21,25,26). The van der Waals surface area contributed by atoms with E-state index < -0.39 is 19.9 Å². The van der Waals surface area contributed by atoms with Gasteiger partial charge in [0, 0.05) is 11.8 Å². The summed E-state index contributed by atoms with van der Waals surface area (Å²) in [7, 11) is -7.61. The largest absolute Gasteiger partial charge is 0.253 e. The van der Waals surface area contributed by atoms with Crippen LogP contribution in [0.3, 0.4) is 0 Å². The summed E-state index contributed by atoms with van der Waals surface area (Å²) in [6.45, 7) is 0. The first-order valence-electron chi connectivity index (χ1n) is 7.82. The number of primary sulfonamides is 1. The van der Waals surface area contributed by atoms with Gasteiger partial charge in [0.2, 0.25) is 10.0 Å². The minimum atomic E-state index is -3.91. The van der Waals surface area contributed by atoms with E-state index in [2.05, 4.69) is 4.98 Å². The minimum absolute atomic E-state index is 0.0855. The zero-order chi connectivity index (χ0) is 20.5. The molecule has 0 unspecified atom stereocenters. The molecule has 1 heterocycles. The van der Waals surface area contributed by atoms with E-state index in [0.29, 0.717) is 26.9 Å². The maximum absolute atomic E-state index is 12.7. The second-order valence-corrected chi connectivity index (χ2v) is 10.4. The number of sulfonamides is 1. The van der Waals surface area contributed by atoms with E-state index in [4.69, 9.17) is 28.3 Å². The van der Waals surface area contributed by atoms with Gasteiger partial charge in [0.15, 0.2) is 9.84 Å². The molecule has 0 atom stereocenters. The Labute approximate surface area is 172 Å². The Hall–Kier alpha value is -1.97. The fraction of sp³-hybridized carbons (Fsp3) is 0.0556. The van der Waals surface area contributed by atoms with Gasteiger partial charge in [-0.1, -0.05) is 47.5 Å². The molecule has 1 aromatic heterocycles. The smallest absolute Gasteiger partial charge is 0.238 e. The fourth-order valence-corrected chi connectivity index (χ4v) is 4.97. The Morgan fingerprint density at radius 3 is 2.18 bits per heavy atom. The molecule has 3 aromatic rings. The quantitative estimate of drug-likeness (QED) is 0.629. The maximum atomic E-state index is 12.7. The summed E-state index contributed by atoms with van der Waals surface area (Å²) >= 11 is 12.0. The molecule has 0 saturated heterocycles. The van der Waals surface area contributed by atoms with Crippen molar-refractivity contribution in [3.8, 4) is 11.3 Å². The third-order valence-electron chi connectivity index (χ3n) is 3.88. The molecule has 10 heteroatoms. The summed E-state index contributed by atoms with van der Waals surface area (Å²) in [4.78, 5) is 4.10. The summed E-state index contributed by atoms with van der Waals surface area (Å²) < 4.78 is 48.3. The zero-order valence-corrected chi connectivity index (χ0v) is 17.4. The van der Waals surface area contributed by atoms with Gasteiger partial charge in [0.05, 0.1) is 31.3 Å². The third-order valence-corrected chi connectivity index (χ3v) is 6.99. The van der Waals surface area contributed by atoms with Crippen LogP contribution in [0.25, 0.3) is 11.3 Å². The summed E-state index contributed by atoms with van der Waals surface area (Å²) in [6, 6.07) is 13.2. The van der Waals surface area contributed by atoms with E-state index in [9.17, 15) is 16.8 Å². The van der Waals surface area contributed by atoms with E-state index in [0.717, 1.165) is 0 Å². The molecule has 0 saturated carbocycles. The van der Waals surface area contributed by atoms with Crippen LogP contribution in [0.5, 0.6) is 0 Å². The Bertz CT molecular complexity index is 1240. The molecular formula is C18H14Cl2N2O4S2. The molecule has 2 N–H and O–H groups in total. The van der Waals surface area contributed by atoms with Crippen LogP contribution in [0.4, 0.5) is 0 Å². The molecule has 0 radical (unpaired) electrons. The predicted octanol–water partition coefficient (Wildman–Crippen LogP) is 3.68. The number of hydrogen-bond acceptors (Lipinski definition) is 5. The van der Waals surface area contributed by atoms with Crippen molar-refractivity contribution in [2.45, 2.75) is 15.5 Å². The molecule has 0 fully saturated rings. The third kappa shape index (κ3) is 4.71. The number of benzene rings is 2. The first-order valence-corrected chi connectivity index (χ1v) is 11.8. The van der Waals surface area contributed by atoms with Crippen LogP contribution in [-0.4, -0.2) is 21.8 Å². The van der Waals surface area contributed by atoms with E-state index in [1.807, 2.05) is 0 Å². The highest BCUT2D eigenvalue weighted by atomic mass is 35.5. The number of halogens is 2. The van der Waals surface area contributed by atoms with Gasteiger partial charge >= 0.3 is 0 Å². The minimum Gasteiger partial charge on any atom is -0.253 e. The lowest BCUT2D eigenvalue weighted by Gasteiger charge is -2.08. The van der Waals surface area contributed by atoms with E-state index >= 15 is 0 Å². The summed E-state index contributed by atoms with van der Waals surface area (Å²) in [5.41, 5.74) is 1.44. The maximum Gasteiger partial charge on any atom is 0.238 e. The van der Waals surface area contributed by atoms with Crippen molar-refractivity contribution in [1.29, 1.82) is 0 Å². The topological polar surface area (TPSA) is 107 Å². The van der Waals surface area contributed by atoms with Crippen molar-refractivity contribution >= 4 is 43.1 Å². The molecule has 3 rings (SSSR count). The van der Waals surface area contributed by atoms with Gasteiger partial charge in [0.1, 0.15) is 0 Å². The van der Waals surface area contributed by atoms with Crippen molar-refractivity contribution in [2.24, 2.45) is 5.14 Å². The number of nitrogens with two attached hydrogens (primary N) is 1. The van der Waals surface area contributed by atoms with Gasteiger partial charge in [0.25, 0.3) is 0 Å². The van der Waals surface area contributed by atoms with Crippen LogP contribution in [0.2, 0.25) is 10.0 Å². The van der Waals surface area contributed by atoms with Crippen LogP contribution in [0.1, 0.15) is 5.56 Å². The van der Waals surface area contributed by atoms with Gasteiger partial charge in [-0.25, -0.2) is 22.0 Å². The number of nitrogens with zero attached hydrogens (tertiary/aromatic N) is 1. The Kier molecular flexibility index (Phi) is 5.79. The van der Waals surface area contributed by atoms with Crippen molar-refractivity contribution in [1.82, 2.24) is 4.98 Å². The van der Waals surface area contributed by atoms with E-state index in [-0.39, 0.29) is 15.5 Å². The normalized spacial score (nSPS) is 12.1. The van der Waals surface area contributed by atoms with E-state index in [1.165, 1.54) is 42.6 Å². The Morgan fingerprint density at radius 2 is 1.57 bits per heavy atom. The molecule has 0 aliphatic carbocycles. The second-order valence-electron chi connectivity index (χ2n) is 5.96. The van der Waals surface area contributed by atoms with Crippen LogP contribution >= 0.6 is 23.2 Å². The van der Waals surface area contributed by atoms with Crippen molar-refractivity contribution in [3.63, 3.8) is 0 Å². The highest BCUT2D eigenvalue weighted by Gasteiger charge is 2.18. The average Bonchev–Trinajstić information content (AvgIpc) is 2.61. The average molecular weight is 457 g/mol. The van der Waals surface area contributed by atoms with Gasteiger partial charge in [-0.05, 0) is 35.9 Å². The SMILES string of the molecule is NS(=O)(=O)c1cccc(CS(=O)(=O)c2ccc(-c3ncc(Cl)cc3Cl)cc2)c1. The molecular weight excluding hydrogens is 443 g/mol. The lowest BCUT2D eigenvalue weighted by atomic mass is 10.1. The molecule has 6 nitrogen and oxygen atoms in total. The molecule has 2 aromatic carbocycles. The summed E-state index contributed by atoms with van der Waals surface area (Å²) in [5, 5.41) is 5.84. The first-order chi connectivity index (χ1) is 13.1. The highest BCUT2D eigenvalue weighted by molar-refractivity contribution is 7.90. The van der Waals surface area contributed by atoms with Crippen molar-refractivity contribution in [2.75, 3.05) is 0 Å². The molecule has 0 amide bonds. The number of rotatable bonds is 5. The molecule has 28 heavy (non-hydrogen) atoms. The van der Waals surface area contributed by atoms with Gasteiger partial charge < -0.3 is 0 Å². The van der Waals surface area contributed by atoms with Crippen LogP contribution in [-0.2, 0) is 25.6 Å². The molecule has 146 valence electrons. The zero-order valence-electron chi connectivity index (χ0n) is 14.2. The molecule has 0 spiro atoms. The summed E-state index contributed by atoms with van der Waals surface area (Å²) in [6.07, 6.45) is 1.45. The van der Waals surface area contributed by atoms with Crippen molar-refractivity contribution < 1.29 is 16.8 Å². The van der Waals surface area contributed by atoms with Gasteiger partial charge in [-0.3, -0.25) is 4.98 Å². The predicted molar refractivity (Wildman–Crippen MR) is 108 cm³/mol. The first kappa shape index (κ1) is 20.8. The number of sulfone groups is 1. The molecule has 0 aliphatic heterocycles. The number of pyridine rings is 1.